The molecule has 2 atom stereocenters. The van der Waals surface area contributed by atoms with Gasteiger partial charge in [0.05, 0.1) is 5.75 Å². The summed E-state index contributed by atoms with van der Waals surface area (Å²) >= 11 is 0. The second kappa shape index (κ2) is 4.62. The van der Waals surface area contributed by atoms with Crippen molar-refractivity contribution in [2.45, 2.75) is 46.1 Å². The zero-order valence-electron chi connectivity index (χ0n) is 9.36. The first-order valence-corrected chi connectivity index (χ1v) is 7.11. The predicted octanol–water partition coefficient (Wildman–Crippen LogP) is 1.85. The van der Waals surface area contributed by atoms with Crippen LogP contribution in [0.25, 0.3) is 0 Å². The minimum atomic E-state index is -2.98. The maximum Gasteiger partial charge on any atom is 0.214 e. The van der Waals surface area contributed by atoms with Crippen LogP contribution in [-0.4, -0.2) is 31.1 Å². The monoisotopic (exact) mass is 219 g/mol. The molecule has 3 nitrogen and oxygen atoms in total. The fraction of sp³-hybridized carbons (Fsp3) is 1.00. The van der Waals surface area contributed by atoms with Crippen LogP contribution in [0.5, 0.6) is 0 Å². The molecule has 1 heterocycles. The third kappa shape index (κ3) is 2.48. The Labute approximate surface area is 87.5 Å². The van der Waals surface area contributed by atoms with Crippen LogP contribution in [0.4, 0.5) is 0 Å². The van der Waals surface area contributed by atoms with Crippen LogP contribution >= 0.6 is 0 Å². The van der Waals surface area contributed by atoms with Gasteiger partial charge in [-0.25, -0.2) is 8.42 Å². The Morgan fingerprint density at radius 1 is 1.29 bits per heavy atom. The number of hydrogen-bond acceptors (Lipinski definition) is 2. The third-order valence-electron chi connectivity index (χ3n) is 3.22. The fourth-order valence-electron chi connectivity index (χ4n) is 2.03. The number of rotatable bonds is 3. The molecule has 1 saturated heterocycles. The number of piperidine rings is 1. The van der Waals surface area contributed by atoms with Crippen LogP contribution < -0.4 is 0 Å². The predicted molar refractivity (Wildman–Crippen MR) is 58.6 cm³/mol. The van der Waals surface area contributed by atoms with Gasteiger partial charge in [0.15, 0.2) is 0 Å². The molecule has 1 aliphatic heterocycles. The first-order chi connectivity index (χ1) is 6.51. The molecule has 0 aromatic heterocycles. The van der Waals surface area contributed by atoms with Crippen molar-refractivity contribution in [2.75, 3.05) is 12.3 Å². The van der Waals surface area contributed by atoms with Crippen molar-refractivity contribution in [3.63, 3.8) is 0 Å². The van der Waals surface area contributed by atoms with E-state index in [1.54, 1.807) is 11.2 Å². The van der Waals surface area contributed by atoms with Crippen molar-refractivity contribution in [3.05, 3.63) is 0 Å². The molecular formula is C10H21NO2S. The van der Waals surface area contributed by atoms with E-state index in [2.05, 4.69) is 6.92 Å². The van der Waals surface area contributed by atoms with Crippen LogP contribution in [0.15, 0.2) is 0 Å². The zero-order valence-corrected chi connectivity index (χ0v) is 10.2. The van der Waals surface area contributed by atoms with Crippen LogP contribution in [-0.2, 0) is 10.0 Å². The molecule has 84 valence electrons. The summed E-state index contributed by atoms with van der Waals surface area (Å²) in [5.74, 6) is 0.792. The van der Waals surface area contributed by atoms with Gasteiger partial charge in [-0.2, -0.15) is 4.31 Å². The lowest BCUT2D eigenvalue weighted by Crippen LogP contribution is -2.45. The summed E-state index contributed by atoms with van der Waals surface area (Å²) in [6.45, 7) is 6.60. The van der Waals surface area contributed by atoms with E-state index in [4.69, 9.17) is 0 Å². The van der Waals surface area contributed by atoms with Gasteiger partial charge in [0, 0.05) is 12.6 Å². The van der Waals surface area contributed by atoms with E-state index in [-0.39, 0.29) is 11.8 Å². The van der Waals surface area contributed by atoms with Gasteiger partial charge < -0.3 is 0 Å². The molecule has 0 N–H and O–H groups in total. The molecule has 0 aliphatic carbocycles. The lowest BCUT2D eigenvalue weighted by atomic mass is 9.93. The SMILES string of the molecule is CC[C@@H]1CC[C@H](C)N(S(=O)(=O)CC)C1. The maximum absolute atomic E-state index is 11.8. The third-order valence-corrected chi connectivity index (χ3v) is 5.18. The molecule has 0 amide bonds. The van der Waals surface area contributed by atoms with Gasteiger partial charge in [-0.1, -0.05) is 13.3 Å². The van der Waals surface area contributed by atoms with E-state index >= 15 is 0 Å². The molecule has 14 heavy (non-hydrogen) atoms. The van der Waals surface area contributed by atoms with Crippen LogP contribution in [0, 0.1) is 5.92 Å². The van der Waals surface area contributed by atoms with E-state index < -0.39 is 10.0 Å². The highest BCUT2D eigenvalue weighted by atomic mass is 32.2. The van der Waals surface area contributed by atoms with Gasteiger partial charge in [-0.15, -0.1) is 0 Å². The largest absolute Gasteiger partial charge is 0.214 e. The number of sulfonamides is 1. The van der Waals surface area contributed by atoms with E-state index in [1.807, 2.05) is 6.92 Å². The van der Waals surface area contributed by atoms with Gasteiger partial charge in [0.2, 0.25) is 10.0 Å². The minimum Gasteiger partial charge on any atom is -0.212 e. The smallest absolute Gasteiger partial charge is 0.212 e. The standard InChI is InChI=1S/C10H21NO2S/c1-4-10-7-6-9(3)11(8-10)14(12,13)5-2/h9-10H,4-8H2,1-3H3/t9-,10+/m0/s1. The highest BCUT2D eigenvalue weighted by Crippen LogP contribution is 2.26. The van der Waals surface area contributed by atoms with E-state index in [0.29, 0.717) is 5.92 Å². The molecule has 1 rings (SSSR count). The summed E-state index contributed by atoms with van der Waals surface area (Å²) < 4.78 is 25.2. The van der Waals surface area contributed by atoms with Crippen molar-refractivity contribution in [3.8, 4) is 0 Å². The first kappa shape index (κ1) is 12.0. The zero-order chi connectivity index (χ0) is 10.8. The van der Waals surface area contributed by atoms with Gasteiger partial charge in [0.25, 0.3) is 0 Å². The van der Waals surface area contributed by atoms with E-state index in [0.717, 1.165) is 19.4 Å². The summed E-state index contributed by atoms with van der Waals surface area (Å²) in [6, 6.07) is 0.197. The Hall–Kier alpha value is -0.0900. The average molecular weight is 219 g/mol. The summed E-state index contributed by atoms with van der Waals surface area (Å²) in [5.41, 5.74) is 0. The molecular weight excluding hydrogens is 198 g/mol. The molecule has 0 aromatic rings. The van der Waals surface area contributed by atoms with Crippen LogP contribution in [0.3, 0.4) is 0 Å². The number of hydrogen-bond donors (Lipinski definition) is 0. The summed E-state index contributed by atoms with van der Waals surface area (Å²) in [7, 11) is -2.98. The molecule has 0 radical (unpaired) electrons. The van der Waals surface area contributed by atoms with Gasteiger partial charge >= 0.3 is 0 Å². The quantitative estimate of drug-likeness (QED) is 0.726. The highest BCUT2D eigenvalue weighted by molar-refractivity contribution is 7.89. The average Bonchev–Trinajstić information content (AvgIpc) is 2.18. The van der Waals surface area contributed by atoms with Crippen molar-refractivity contribution in [2.24, 2.45) is 5.92 Å². The Bertz CT molecular complexity index is 274. The van der Waals surface area contributed by atoms with Gasteiger partial charge in [0.1, 0.15) is 0 Å². The minimum absolute atomic E-state index is 0.197. The molecule has 1 fully saturated rings. The summed E-state index contributed by atoms with van der Waals surface area (Å²) in [4.78, 5) is 0. The Kier molecular flexibility index (Phi) is 3.95. The fourth-order valence-corrected chi connectivity index (χ4v) is 3.46. The topological polar surface area (TPSA) is 37.4 Å². The van der Waals surface area contributed by atoms with Crippen molar-refractivity contribution in [1.29, 1.82) is 0 Å². The summed E-state index contributed by atoms with van der Waals surface area (Å²) in [6.07, 6.45) is 3.27. The highest BCUT2D eigenvalue weighted by Gasteiger charge is 2.31. The second-order valence-electron chi connectivity index (χ2n) is 4.17. The Morgan fingerprint density at radius 2 is 1.93 bits per heavy atom. The molecule has 0 aromatic carbocycles. The number of nitrogens with zero attached hydrogens (tertiary/aromatic N) is 1. The van der Waals surface area contributed by atoms with Crippen molar-refractivity contribution < 1.29 is 8.42 Å². The van der Waals surface area contributed by atoms with Crippen LogP contribution in [0.1, 0.15) is 40.0 Å². The molecule has 0 bridgehead atoms. The second-order valence-corrected chi connectivity index (χ2v) is 6.38. The Morgan fingerprint density at radius 3 is 2.43 bits per heavy atom. The van der Waals surface area contributed by atoms with Crippen molar-refractivity contribution >= 4 is 10.0 Å². The molecule has 0 spiro atoms. The molecule has 1 aliphatic rings. The van der Waals surface area contributed by atoms with Gasteiger partial charge in [-0.3, -0.25) is 0 Å². The molecule has 0 saturated carbocycles. The summed E-state index contributed by atoms with van der Waals surface area (Å²) in [5, 5.41) is 0. The molecule has 0 unspecified atom stereocenters. The molecule has 4 heteroatoms. The Balaban J connectivity index is 2.75. The maximum atomic E-state index is 11.8. The lowest BCUT2D eigenvalue weighted by Gasteiger charge is -2.36. The van der Waals surface area contributed by atoms with E-state index in [1.165, 1.54) is 6.42 Å². The van der Waals surface area contributed by atoms with Crippen molar-refractivity contribution in [1.82, 2.24) is 4.31 Å². The van der Waals surface area contributed by atoms with Gasteiger partial charge in [-0.05, 0) is 32.6 Å². The van der Waals surface area contributed by atoms with E-state index in [9.17, 15) is 8.42 Å². The van der Waals surface area contributed by atoms with Crippen LogP contribution in [0.2, 0.25) is 0 Å². The first-order valence-electron chi connectivity index (χ1n) is 5.50. The lowest BCUT2D eigenvalue weighted by molar-refractivity contribution is 0.204. The normalized spacial score (nSPS) is 30.5.